The second-order valence-electron chi connectivity index (χ2n) is 6.02. The molecule has 0 spiro atoms. The summed E-state index contributed by atoms with van der Waals surface area (Å²) in [7, 11) is 0. The lowest BCUT2D eigenvalue weighted by molar-refractivity contribution is 0.161. The van der Waals surface area contributed by atoms with Crippen molar-refractivity contribution in [2.45, 2.75) is 90.5 Å². The van der Waals surface area contributed by atoms with Crippen LogP contribution in [0.1, 0.15) is 84.5 Å². The first-order chi connectivity index (χ1) is 7.69. The van der Waals surface area contributed by atoms with E-state index in [9.17, 15) is 0 Å². The summed E-state index contributed by atoms with van der Waals surface area (Å²) in [5.41, 5.74) is 6.86. The third kappa shape index (κ3) is 4.45. The smallest absolute Gasteiger partial charge is 0.00929 e. The second kappa shape index (κ2) is 7.32. The van der Waals surface area contributed by atoms with Crippen molar-refractivity contribution in [2.75, 3.05) is 0 Å². The van der Waals surface area contributed by atoms with Crippen molar-refractivity contribution < 1.29 is 0 Å². The minimum absolute atomic E-state index is 0.453. The summed E-state index contributed by atoms with van der Waals surface area (Å²) in [5.74, 6) is 0. The Labute approximate surface area is 102 Å². The van der Waals surface area contributed by atoms with Crippen LogP contribution in [-0.4, -0.2) is 6.04 Å². The molecular weight excluding hydrogens is 194 g/mol. The van der Waals surface area contributed by atoms with E-state index in [1.165, 1.54) is 70.6 Å². The van der Waals surface area contributed by atoms with Crippen LogP contribution in [-0.2, 0) is 0 Å². The van der Waals surface area contributed by atoms with Gasteiger partial charge in [-0.15, -0.1) is 0 Å². The number of hydrogen-bond acceptors (Lipinski definition) is 1. The molecule has 1 atom stereocenters. The Morgan fingerprint density at radius 3 is 2.25 bits per heavy atom. The van der Waals surface area contributed by atoms with Crippen molar-refractivity contribution in [1.82, 2.24) is 0 Å². The third-order valence-electron chi connectivity index (χ3n) is 4.51. The van der Waals surface area contributed by atoms with Gasteiger partial charge in [-0.25, -0.2) is 0 Å². The Hall–Kier alpha value is -0.0400. The standard InChI is InChI=1S/C15H31N/c1-3-4-5-6-8-11-14(16)15(2)12-9-7-10-13-15/h14H,3-13,16H2,1-2H3. The summed E-state index contributed by atoms with van der Waals surface area (Å²) in [6, 6.07) is 0.453. The second-order valence-corrected chi connectivity index (χ2v) is 6.02. The Morgan fingerprint density at radius 1 is 1.00 bits per heavy atom. The summed E-state index contributed by atoms with van der Waals surface area (Å²) in [6.45, 7) is 4.69. The van der Waals surface area contributed by atoms with E-state index in [2.05, 4.69) is 13.8 Å². The molecule has 0 aromatic carbocycles. The van der Waals surface area contributed by atoms with Crippen molar-refractivity contribution in [2.24, 2.45) is 11.1 Å². The molecule has 1 saturated carbocycles. The molecular formula is C15H31N. The molecule has 0 radical (unpaired) electrons. The maximum Gasteiger partial charge on any atom is 0.00929 e. The molecule has 1 nitrogen and oxygen atoms in total. The number of rotatable bonds is 7. The van der Waals surface area contributed by atoms with Gasteiger partial charge in [0.2, 0.25) is 0 Å². The van der Waals surface area contributed by atoms with Crippen LogP contribution in [0.15, 0.2) is 0 Å². The van der Waals surface area contributed by atoms with Gasteiger partial charge in [-0.1, -0.05) is 65.2 Å². The van der Waals surface area contributed by atoms with E-state index in [4.69, 9.17) is 5.73 Å². The third-order valence-corrected chi connectivity index (χ3v) is 4.51. The lowest BCUT2D eigenvalue weighted by Gasteiger charge is -2.39. The first-order valence-electron chi connectivity index (χ1n) is 7.44. The highest BCUT2D eigenvalue weighted by molar-refractivity contribution is 4.87. The predicted molar refractivity (Wildman–Crippen MR) is 72.5 cm³/mol. The van der Waals surface area contributed by atoms with Gasteiger partial charge in [0.25, 0.3) is 0 Å². The predicted octanol–water partition coefficient (Wildman–Crippen LogP) is 4.64. The molecule has 2 N–H and O–H groups in total. The molecule has 16 heavy (non-hydrogen) atoms. The average molecular weight is 225 g/mol. The summed E-state index contributed by atoms with van der Waals surface area (Å²) in [6.07, 6.45) is 15.1. The van der Waals surface area contributed by atoms with Gasteiger partial charge < -0.3 is 5.73 Å². The molecule has 0 aromatic heterocycles. The summed E-state index contributed by atoms with van der Waals surface area (Å²) in [5, 5.41) is 0. The molecule has 0 bridgehead atoms. The molecule has 1 heteroatoms. The molecule has 1 aliphatic rings. The number of hydrogen-bond donors (Lipinski definition) is 1. The van der Waals surface area contributed by atoms with Gasteiger partial charge in [0.1, 0.15) is 0 Å². The van der Waals surface area contributed by atoms with E-state index in [-0.39, 0.29) is 0 Å². The van der Waals surface area contributed by atoms with Gasteiger partial charge in [0, 0.05) is 6.04 Å². The van der Waals surface area contributed by atoms with Crippen LogP contribution < -0.4 is 5.73 Å². The molecule has 1 rings (SSSR count). The normalized spacial score (nSPS) is 21.9. The molecule has 1 aliphatic carbocycles. The van der Waals surface area contributed by atoms with Crippen LogP contribution in [0.3, 0.4) is 0 Å². The molecule has 0 amide bonds. The van der Waals surface area contributed by atoms with Gasteiger partial charge in [-0.2, -0.15) is 0 Å². The zero-order valence-electron chi connectivity index (χ0n) is 11.4. The summed E-state index contributed by atoms with van der Waals surface area (Å²) in [4.78, 5) is 0. The van der Waals surface area contributed by atoms with E-state index in [0.29, 0.717) is 11.5 Å². The number of unbranched alkanes of at least 4 members (excludes halogenated alkanes) is 4. The van der Waals surface area contributed by atoms with E-state index < -0.39 is 0 Å². The monoisotopic (exact) mass is 225 g/mol. The highest BCUT2D eigenvalue weighted by Crippen LogP contribution is 2.39. The van der Waals surface area contributed by atoms with Gasteiger partial charge in [-0.3, -0.25) is 0 Å². The van der Waals surface area contributed by atoms with E-state index in [0.717, 1.165) is 0 Å². The van der Waals surface area contributed by atoms with Gasteiger partial charge in [-0.05, 0) is 24.7 Å². The van der Waals surface area contributed by atoms with Crippen LogP contribution in [0.25, 0.3) is 0 Å². The lowest BCUT2D eigenvalue weighted by atomic mass is 9.69. The van der Waals surface area contributed by atoms with Crippen molar-refractivity contribution in [3.8, 4) is 0 Å². The van der Waals surface area contributed by atoms with E-state index in [1.807, 2.05) is 0 Å². The Bertz CT molecular complexity index is 170. The Morgan fingerprint density at radius 2 is 1.62 bits per heavy atom. The first-order valence-corrected chi connectivity index (χ1v) is 7.44. The minimum Gasteiger partial charge on any atom is -0.327 e. The molecule has 0 aromatic rings. The fourth-order valence-corrected chi connectivity index (χ4v) is 3.05. The summed E-state index contributed by atoms with van der Waals surface area (Å²) >= 11 is 0. The fourth-order valence-electron chi connectivity index (χ4n) is 3.05. The molecule has 96 valence electrons. The molecule has 1 fully saturated rings. The van der Waals surface area contributed by atoms with Crippen LogP contribution in [0.4, 0.5) is 0 Å². The van der Waals surface area contributed by atoms with Gasteiger partial charge in [0.15, 0.2) is 0 Å². The average Bonchev–Trinajstić information content (AvgIpc) is 2.29. The van der Waals surface area contributed by atoms with Crippen molar-refractivity contribution >= 4 is 0 Å². The fraction of sp³-hybridized carbons (Fsp3) is 1.00. The van der Waals surface area contributed by atoms with Crippen LogP contribution in [0, 0.1) is 5.41 Å². The quantitative estimate of drug-likeness (QED) is 0.627. The maximum atomic E-state index is 6.40. The first kappa shape index (κ1) is 14.0. The zero-order valence-corrected chi connectivity index (χ0v) is 11.4. The zero-order chi connectivity index (χ0) is 11.9. The molecule has 0 aliphatic heterocycles. The highest BCUT2D eigenvalue weighted by atomic mass is 14.7. The molecule has 1 unspecified atom stereocenters. The topological polar surface area (TPSA) is 26.0 Å². The lowest BCUT2D eigenvalue weighted by Crippen LogP contribution is -2.40. The van der Waals surface area contributed by atoms with Crippen molar-refractivity contribution in [1.29, 1.82) is 0 Å². The maximum absolute atomic E-state index is 6.40. The van der Waals surface area contributed by atoms with Gasteiger partial charge >= 0.3 is 0 Å². The van der Waals surface area contributed by atoms with Crippen LogP contribution in [0.2, 0.25) is 0 Å². The Kier molecular flexibility index (Phi) is 6.41. The van der Waals surface area contributed by atoms with Gasteiger partial charge in [0.05, 0.1) is 0 Å². The summed E-state index contributed by atoms with van der Waals surface area (Å²) < 4.78 is 0. The molecule has 0 heterocycles. The van der Waals surface area contributed by atoms with Crippen molar-refractivity contribution in [3.05, 3.63) is 0 Å². The van der Waals surface area contributed by atoms with E-state index >= 15 is 0 Å². The van der Waals surface area contributed by atoms with Crippen LogP contribution in [0.5, 0.6) is 0 Å². The SMILES string of the molecule is CCCCCCCC(N)C1(C)CCCCC1. The minimum atomic E-state index is 0.453. The van der Waals surface area contributed by atoms with Crippen molar-refractivity contribution in [3.63, 3.8) is 0 Å². The molecule has 0 saturated heterocycles. The van der Waals surface area contributed by atoms with E-state index in [1.54, 1.807) is 0 Å². The highest BCUT2D eigenvalue weighted by Gasteiger charge is 2.32. The Balaban J connectivity index is 2.15. The number of nitrogens with two attached hydrogens (primary N) is 1. The largest absolute Gasteiger partial charge is 0.327 e. The van der Waals surface area contributed by atoms with Crippen LogP contribution >= 0.6 is 0 Å².